The van der Waals surface area contributed by atoms with Crippen molar-refractivity contribution >= 4 is 38.8 Å². The highest BCUT2D eigenvalue weighted by atomic mass is 19.2. The number of aromatic nitrogens is 1. The van der Waals surface area contributed by atoms with Gasteiger partial charge in [-0.15, -0.1) is 21.9 Å². The third-order valence-electron chi connectivity index (χ3n) is 9.74. The number of halogens is 21. The van der Waals surface area contributed by atoms with Crippen molar-refractivity contribution in [2.45, 2.75) is 6.54 Å². The second kappa shape index (κ2) is 16.9. The van der Waals surface area contributed by atoms with E-state index in [1.165, 1.54) is 11.6 Å². The van der Waals surface area contributed by atoms with Crippen LogP contribution in [0.2, 0.25) is 0 Å². The molecular weight excluding hydrogens is 904 g/mol. The molecule has 0 saturated heterocycles. The van der Waals surface area contributed by atoms with E-state index in [2.05, 4.69) is 12.1 Å². The summed E-state index contributed by atoms with van der Waals surface area (Å²) < 4.78 is 310. The predicted molar refractivity (Wildman–Crippen MR) is 179 cm³/mol. The van der Waals surface area contributed by atoms with Crippen LogP contribution in [0.5, 0.6) is 0 Å². The minimum absolute atomic E-state index is 0.171. The van der Waals surface area contributed by atoms with E-state index < -0.39 is 144 Å². The third-order valence-corrected chi connectivity index (χ3v) is 9.74. The van der Waals surface area contributed by atoms with Gasteiger partial charge in [0.05, 0.1) is 5.39 Å². The first-order chi connectivity index (χ1) is 29.5. The van der Waals surface area contributed by atoms with E-state index in [-0.39, 0.29) is 5.82 Å². The zero-order valence-corrected chi connectivity index (χ0v) is 30.0. The first-order valence-electron chi connectivity index (χ1n) is 16.9. The summed E-state index contributed by atoms with van der Waals surface area (Å²) in [7, 11) is 0. The van der Waals surface area contributed by atoms with E-state index in [4.69, 9.17) is 0 Å². The zero-order valence-electron chi connectivity index (χ0n) is 30.0. The Labute approximate surface area is 336 Å². The maximum atomic E-state index is 15.4. The third kappa shape index (κ3) is 7.15. The highest BCUT2D eigenvalue weighted by Gasteiger charge is 2.52. The summed E-state index contributed by atoms with van der Waals surface area (Å²) in [6.45, 7) is 0.755. The van der Waals surface area contributed by atoms with Crippen LogP contribution < -0.4 is 26.4 Å². The molecule has 0 radical (unpaired) electrons. The van der Waals surface area contributed by atoms with Crippen LogP contribution in [0.4, 0.5) is 92.2 Å². The van der Waals surface area contributed by atoms with Gasteiger partial charge >= 0.3 is 0 Å². The first kappa shape index (κ1) is 45.8. The van der Waals surface area contributed by atoms with Crippen molar-refractivity contribution in [3.63, 3.8) is 0 Å². The monoisotopic (exact) mass is 917 g/mol. The molecule has 1 nitrogen and oxygen atoms in total. The Morgan fingerprint density at radius 2 is 0.619 bits per heavy atom. The fraction of sp³-hybridized carbons (Fsp3) is 0.0250. The molecule has 0 bridgehead atoms. The van der Waals surface area contributed by atoms with Crippen molar-refractivity contribution in [2.75, 3.05) is 0 Å². The summed E-state index contributed by atoms with van der Waals surface area (Å²) in [5.41, 5.74) is -13.1. The summed E-state index contributed by atoms with van der Waals surface area (Å²) in [6.07, 6.45) is -3.38. The number of nitrogens with zero attached hydrogens (tertiary/aromatic N) is 1. The molecule has 1 heterocycles. The molecule has 0 aliphatic carbocycles. The van der Waals surface area contributed by atoms with E-state index in [0.717, 1.165) is 11.9 Å². The number of fused-ring (bicyclic) bond motifs is 1. The van der Waals surface area contributed by atoms with Crippen molar-refractivity contribution in [2.24, 2.45) is 0 Å². The Morgan fingerprint density at radius 3 is 0.937 bits per heavy atom. The van der Waals surface area contributed by atoms with E-state index in [9.17, 15) is 57.1 Å². The van der Waals surface area contributed by atoms with Crippen LogP contribution in [0.15, 0.2) is 67.0 Å². The smallest absolute Gasteiger partial charge is 0.200 e. The molecule has 23 heteroatoms. The van der Waals surface area contributed by atoms with Crippen LogP contribution in [0.25, 0.3) is 10.8 Å². The molecule has 0 atom stereocenters. The lowest BCUT2D eigenvalue weighted by Gasteiger charge is -2.44. The quantitative estimate of drug-likeness (QED) is 0.0516. The van der Waals surface area contributed by atoms with E-state index in [1.54, 1.807) is 6.07 Å². The molecule has 1 aromatic heterocycles. The van der Waals surface area contributed by atoms with Gasteiger partial charge in [0, 0.05) is 11.6 Å². The van der Waals surface area contributed by atoms with Gasteiger partial charge in [0.15, 0.2) is 88.7 Å². The van der Waals surface area contributed by atoms with Crippen LogP contribution in [-0.2, 0) is 6.54 Å². The predicted octanol–water partition coefficient (Wildman–Crippen LogP) is 9.16. The molecule has 0 N–H and O–H groups in total. The van der Waals surface area contributed by atoms with Crippen LogP contribution in [0.3, 0.4) is 0 Å². The van der Waals surface area contributed by atoms with Crippen molar-refractivity contribution < 1.29 is 96.8 Å². The normalized spacial score (nSPS) is 11.6. The van der Waals surface area contributed by atoms with Gasteiger partial charge in [-0.3, -0.25) is 0 Å². The first-order valence-corrected chi connectivity index (χ1v) is 16.9. The van der Waals surface area contributed by atoms with Crippen LogP contribution in [0.1, 0.15) is 5.56 Å². The number of hydrogen-bond donors (Lipinski definition) is 0. The highest BCUT2D eigenvalue weighted by molar-refractivity contribution is 7.20. The molecular formula is C40H13BF21N. The highest BCUT2D eigenvalue weighted by Crippen LogP contribution is 2.31. The maximum Gasteiger partial charge on any atom is 0.200 e. The molecule has 6 aromatic carbocycles. The van der Waals surface area contributed by atoms with Crippen molar-refractivity contribution in [3.05, 3.63) is 195 Å². The fourth-order valence-corrected chi connectivity index (χ4v) is 6.99. The van der Waals surface area contributed by atoms with Gasteiger partial charge in [0.2, 0.25) is 0 Å². The van der Waals surface area contributed by atoms with Crippen molar-refractivity contribution in [1.82, 2.24) is 0 Å². The molecule has 328 valence electrons. The lowest BCUT2D eigenvalue weighted by molar-refractivity contribution is -0.687. The zero-order chi connectivity index (χ0) is 46.7. The van der Waals surface area contributed by atoms with E-state index >= 15 is 35.1 Å². The summed E-state index contributed by atoms with van der Waals surface area (Å²) in [4.78, 5) is 0. The minimum Gasteiger partial charge on any atom is -0.207 e. The Balaban J connectivity index is 0.000000302. The number of hydrogen-bond acceptors (Lipinski definition) is 0. The summed E-state index contributed by atoms with van der Waals surface area (Å²) in [5.74, 6) is -71.6. The van der Waals surface area contributed by atoms with Crippen molar-refractivity contribution in [3.8, 4) is 0 Å². The van der Waals surface area contributed by atoms with Gasteiger partial charge in [-0.1, -0.05) is 42.5 Å². The lowest BCUT2D eigenvalue weighted by Crippen LogP contribution is -2.81. The second-order valence-corrected chi connectivity index (χ2v) is 13.1. The number of benzene rings is 6. The van der Waals surface area contributed by atoms with Crippen LogP contribution in [-0.4, -0.2) is 6.15 Å². The van der Waals surface area contributed by atoms with Crippen LogP contribution in [0, 0.1) is 122 Å². The SMILES string of the molecule is Fc1c(F)c(F)c([B-](c2c(F)c(F)c(F)c(F)c2F)(c2c(F)c(F)c(F)c(F)c2F)c2c(F)c(F)c(F)c(F)c2F)c(F)c1F.Fc1cccc2cc[n+](Cc3ccccc3)cc12. The van der Waals surface area contributed by atoms with Crippen molar-refractivity contribution in [1.29, 1.82) is 0 Å². The molecule has 0 saturated carbocycles. The average molecular weight is 917 g/mol. The Morgan fingerprint density at radius 1 is 0.317 bits per heavy atom. The number of rotatable bonds is 6. The molecule has 63 heavy (non-hydrogen) atoms. The molecule has 0 aliphatic heterocycles. The Bertz CT molecular complexity index is 2610. The lowest BCUT2D eigenvalue weighted by atomic mass is 9.12. The minimum atomic E-state index is -7.22. The second-order valence-electron chi connectivity index (χ2n) is 13.1. The van der Waals surface area contributed by atoms with Gasteiger partial charge in [0.25, 0.3) is 0 Å². The molecule has 0 fully saturated rings. The molecule has 0 unspecified atom stereocenters. The molecule has 7 rings (SSSR count). The molecule has 0 aliphatic rings. The summed E-state index contributed by atoms with van der Waals surface area (Å²) in [5, 5.41) is 1.59. The van der Waals surface area contributed by atoms with Gasteiger partial charge < -0.3 is 0 Å². The Hall–Kier alpha value is -6.68. The maximum absolute atomic E-state index is 15.4. The fourth-order valence-electron chi connectivity index (χ4n) is 6.99. The molecule has 0 amide bonds. The van der Waals surface area contributed by atoms with Gasteiger partial charge in [-0.05, 0) is 11.5 Å². The van der Waals surface area contributed by atoms with E-state index in [0.29, 0.717) is 5.39 Å². The van der Waals surface area contributed by atoms with Gasteiger partial charge in [-0.25, -0.2) is 96.8 Å². The largest absolute Gasteiger partial charge is 0.207 e. The Kier molecular flexibility index (Phi) is 12.3. The van der Waals surface area contributed by atoms with E-state index in [1.807, 2.05) is 47.3 Å². The standard InChI is InChI=1S/C24BF20.C16H13FN/c26-5-1(6(27)14(35)21(42)13(5)34)25(2-7(28)15(36)22(43)16(37)8(2)29,3-9(30)17(38)23(44)18(39)10(3)31)4-11(32)19(40)24(45)20(41)12(4)33;17-16-8-4-7-14-9-10-18(12-15(14)16)11-13-5-2-1-3-6-13/h;1-10,12H,11H2/q-1;+1. The molecule has 0 spiro atoms. The van der Waals surface area contributed by atoms with Crippen LogP contribution >= 0.6 is 0 Å². The van der Waals surface area contributed by atoms with Gasteiger partial charge in [0.1, 0.15) is 58.5 Å². The van der Waals surface area contributed by atoms with Gasteiger partial charge in [-0.2, -0.15) is 0 Å². The summed E-state index contributed by atoms with van der Waals surface area (Å²) in [6, 6.07) is 17.3. The topological polar surface area (TPSA) is 3.88 Å². The summed E-state index contributed by atoms with van der Waals surface area (Å²) >= 11 is 0. The average Bonchev–Trinajstić information content (AvgIpc) is 3.27. The molecule has 7 aromatic rings. The number of pyridine rings is 1.